The molecular formula is C16H34O4Si2. The summed E-state index contributed by atoms with van der Waals surface area (Å²) in [5.41, 5.74) is 0. The molecule has 0 bridgehead atoms. The van der Waals surface area contributed by atoms with Crippen LogP contribution >= 0.6 is 0 Å². The van der Waals surface area contributed by atoms with E-state index in [0.29, 0.717) is 18.3 Å². The highest BCUT2D eigenvalue weighted by atomic mass is 29.3. The van der Waals surface area contributed by atoms with Gasteiger partial charge in [0.1, 0.15) is 12.2 Å². The van der Waals surface area contributed by atoms with E-state index in [1.165, 1.54) is 25.3 Å². The molecule has 0 radical (unpaired) electrons. The van der Waals surface area contributed by atoms with E-state index in [2.05, 4.69) is 33.1 Å². The van der Waals surface area contributed by atoms with Gasteiger partial charge in [0.25, 0.3) is 0 Å². The zero-order chi connectivity index (χ0) is 16.2. The number of rotatable bonds is 6. The van der Waals surface area contributed by atoms with E-state index < -0.39 is 15.4 Å². The first-order valence-corrected chi connectivity index (χ1v) is 15.9. The Balaban J connectivity index is 0.000000170. The van der Waals surface area contributed by atoms with Crippen LogP contribution in [0.5, 0.6) is 0 Å². The molecule has 0 aromatic rings. The maximum atomic E-state index is 6.33. The van der Waals surface area contributed by atoms with Gasteiger partial charge in [0.2, 0.25) is 0 Å². The lowest BCUT2D eigenvalue weighted by molar-refractivity contribution is 0.102. The van der Waals surface area contributed by atoms with Crippen LogP contribution in [-0.2, 0) is 18.6 Å². The summed E-state index contributed by atoms with van der Waals surface area (Å²) in [5, 5.41) is 0. The maximum absolute atomic E-state index is 6.33. The molecule has 0 aliphatic carbocycles. The molecule has 3 heterocycles. The van der Waals surface area contributed by atoms with Crippen molar-refractivity contribution in [2.45, 2.75) is 76.7 Å². The molecule has 0 spiro atoms. The average Bonchev–Trinajstić information content (AvgIpc) is 3.30. The van der Waals surface area contributed by atoms with Crippen molar-refractivity contribution in [3.05, 3.63) is 0 Å². The summed E-state index contributed by atoms with van der Waals surface area (Å²) in [6.07, 6.45) is 5.28. The zero-order valence-electron chi connectivity index (χ0n) is 15.0. The van der Waals surface area contributed by atoms with Gasteiger partial charge in [0.15, 0.2) is 7.83 Å². The van der Waals surface area contributed by atoms with Gasteiger partial charge in [-0.1, -0.05) is 32.5 Å². The van der Waals surface area contributed by atoms with Crippen molar-refractivity contribution >= 4 is 15.4 Å². The van der Waals surface area contributed by atoms with Crippen molar-refractivity contribution in [1.82, 2.24) is 0 Å². The molecule has 0 amide bonds. The van der Waals surface area contributed by atoms with Crippen LogP contribution in [-0.4, -0.2) is 60.2 Å². The molecule has 130 valence electrons. The molecule has 3 fully saturated rings. The lowest BCUT2D eigenvalue weighted by atomic mass is 10.2. The van der Waals surface area contributed by atoms with Gasteiger partial charge >= 0.3 is 0 Å². The molecule has 3 aliphatic heterocycles. The van der Waals surface area contributed by atoms with Crippen LogP contribution < -0.4 is 0 Å². The molecule has 0 aromatic carbocycles. The minimum atomic E-state index is -1.28. The van der Waals surface area contributed by atoms with Crippen LogP contribution in [0.25, 0.3) is 0 Å². The van der Waals surface area contributed by atoms with Crippen molar-refractivity contribution in [3.63, 3.8) is 0 Å². The lowest BCUT2D eigenvalue weighted by Gasteiger charge is -2.45. The summed E-state index contributed by atoms with van der Waals surface area (Å²) in [5.74, 6) is 0. The first-order valence-electron chi connectivity index (χ1n) is 8.83. The van der Waals surface area contributed by atoms with Gasteiger partial charge in [-0.25, -0.2) is 0 Å². The van der Waals surface area contributed by atoms with E-state index in [0.717, 1.165) is 26.4 Å². The molecule has 0 N–H and O–H groups in total. The third-order valence-electron chi connectivity index (χ3n) is 5.21. The van der Waals surface area contributed by atoms with E-state index in [9.17, 15) is 0 Å². The summed E-state index contributed by atoms with van der Waals surface area (Å²) in [7, 11) is -2.25. The summed E-state index contributed by atoms with van der Waals surface area (Å²) in [6, 6.07) is 1.50. The molecule has 3 saturated heterocycles. The average molecular weight is 347 g/mol. The Bertz CT molecular complexity index is 329. The van der Waals surface area contributed by atoms with E-state index in [1.54, 1.807) is 0 Å². The Labute approximate surface area is 137 Å². The summed E-state index contributed by atoms with van der Waals surface area (Å²) in [6.45, 7) is 15.4. The fourth-order valence-corrected chi connectivity index (χ4v) is 9.37. The predicted molar refractivity (Wildman–Crippen MR) is 94.5 cm³/mol. The number of hydrogen-bond acceptors (Lipinski definition) is 4. The van der Waals surface area contributed by atoms with E-state index >= 15 is 0 Å². The van der Waals surface area contributed by atoms with Crippen molar-refractivity contribution in [3.8, 4) is 0 Å². The third kappa shape index (κ3) is 6.05. The summed E-state index contributed by atoms with van der Waals surface area (Å²) < 4.78 is 21.5. The molecule has 0 saturated carbocycles. The number of ether oxygens (including phenoxy) is 3. The number of epoxide rings is 2. The second kappa shape index (κ2) is 7.90. The molecule has 4 nitrogen and oxygen atoms in total. The highest BCUT2D eigenvalue weighted by Crippen LogP contribution is 2.34. The molecule has 6 heteroatoms. The molecule has 3 rings (SSSR count). The minimum absolute atomic E-state index is 0.392. The van der Waals surface area contributed by atoms with Gasteiger partial charge < -0.3 is 18.6 Å². The van der Waals surface area contributed by atoms with Crippen LogP contribution in [0.15, 0.2) is 0 Å². The van der Waals surface area contributed by atoms with Crippen molar-refractivity contribution in [2.24, 2.45) is 0 Å². The second-order valence-electron chi connectivity index (χ2n) is 7.91. The topological polar surface area (TPSA) is 43.5 Å². The molecule has 3 atom stereocenters. The largest absolute Gasteiger partial charge is 0.417 e. The zero-order valence-corrected chi connectivity index (χ0v) is 17.0. The van der Waals surface area contributed by atoms with Crippen molar-refractivity contribution in [1.29, 1.82) is 0 Å². The van der Waals surface area contributed by atoms with Crippen molar-refractivity contribution < 1.29 is 18.6 Å². The van der Waals surface area contributed by atoms with Crippen LogP contribution in [0.2, 0.25) is 32.2 Å². The van der Waals surface area contributed by atoms with Gasteiger partial charge in [-0.15, -0.1) is 0 Å². The Morgan fingerprint density at radius 2 is 1.50 bits per heavy atom. The van der Waals surface area contributed by atoms with E-state index in [1.807, 2.05) is 0 Å². The monoisotopic (exact) mass is 346 g/mol. The van der Waals surface area contributed by atoms with Gasteiger partial charge in [0.05, 0.1) is 34.0 Å². The van der Waals surface area contributed by atoms with Crippen LogP contribution in [0, 0.1) is 0 Å². The first-order chi connectivity index (χ1) is 10.3. The fraction of sp³-hybridized carbons (Fsp3) is 1.00. The first kappa shape index (κ1) is 18.6. The molecule has 3 unspecified atom stereocenters. The molecule has 22 heavy (non-hydrogen) atoms. The summed E-state index contributed by atoms with van der Waals surface area (Å²) >= 11 is 0. The second-order valence-corrected chi connectivity index (χ2v) is 23.1. The van der Waals surface area contributed by atoms with Gasteiger partial charge in [-0.3, -0.25) is 0 Å². The quantitative estimate of drug-likeness (QED) is 0.546. The van der Waals surface area contributed by atoms with E-state index in [4.69, 9.17) is 18.6 Å². The standard InChI is InChI=1S/C10H24OSi2.C6H10O3/c1-6-7-10-8-9-12(2,3)13(4,5)11-10;1(5-3-8-5)7-2-6-4-9-6/h10H,6-9H2,1-5H3;5-6H,1-4H2. The molecule has 0 aromatic heterocycles. The Hall–Kier alpha value is 0.274. The van der Waals surface area contributed by atoms with Crippen molar-refractivity contribution in [2.75, 3.05) is 26.4 Å². The Morgan fingerprint density at radius 1 is 0.955 bits per heavy atom. The third-order valence-corrected chi connectivity index (χ3v) is 21.8. The predicted octanol–water partition coefficient (Wildman–Crippen LogP) is 3.37. The van der Waals surface area contributed by atoms with Crippen LogP contribution in [0.3, 0.4) is 0 Å². The van der Waals surface area contributed by atoms with Gasteiger partial charge in [-0.2, -0.15) is 0 Å². The highest BCUT2D eigenvalue weighted by Gasteiger charge is 2.47. The molecular weight excluding hydrogens is 312 g/mol. The highest BCUT2D eigenvalue weighted by molar-refractivity contribution is 7.38. The van der Waals surface area contributed by atoms with Crippen LogP contribution in [0.1, 0.15) is 26.2 Å². The van der Waals surface area contributed by atoms with Gasteiger partial charge in [-0.05, 0) is 25.9 Å². The minimum Gasteiger partial charge on any atom is -0.417 e. The Kier molecular flexibility index (Phi) is 6.68. The maximum Gasteiger partial charge on any atom is 0.174 e. The lowest BCUT2D eigenvalue weighted by Crippen LogP contribution is -2.61. The van der Waals surface area contributed by atoms with Crippen LogP contribution in [0.4, 0.5) is 0 Å². The fourth-order valence-electron chi connectivity index (χ4n) is 2.64. The van der Waals surface area contributed by atoms with Gasteiger partial charge in [0, 0.05) is 6.10 Å². The summed E-state index contributed by atoms with van der Waals surface area (Å²) in [4.78, 5) is 0. The Morgan fingerprint density at radius 3 is 1.91 bits per heavy atom. The number of hydrogen-bond donors (Lipinski definition) is 0. The molecule has 3 aliphatic rings. The normalized spacial score (nSPS) is 34.5. The smallest absolute Gasteiger partial charge is 0.174 e. The SMILES string of the molecule is C(OCC1CO1)C1CO1.CCCC1CC[Si](C)(C)[Si](C)(C)O1. The van der Waals surface area contributed by atoms with E-state index in [-0.39, 0.29) is 0 Å².